The molecular weight excluding hydrogens is 238 g/mol. The summed E-state index contributed by atoms with van der Waals surface area (Å²) in [6.07, 6.45) is 3.18. The van der Waals surface area contributed by atoms with Crippen LogP contribution in [-0.4, -0.2) is 30.6 Å². The molecule has 1 amide bonds. The van der Waals surface area contributed by atoms with Crippen LogP contribution in [0.15, 0.2) is 11.7 Å². The minimum Gasteiger partial charge on any atom is -0.381 e. The molecule has 0 spiro atoms. The van der Waals surface area contributed by atoms with E-state index in [1.54, 1.807) is 11.7 Å². The van der Waals surface area contributed by atoms with Gasteiger partial charge in [-0.05, 0) is 12.8 Å². The van der Waals surface area contributed by atoms with Gasteiger partial charge in [-0.1, -0.05) is 0 Å². The maximum atomic E-state index is 12.2. The second-order valence-corrected chi connectivity index (χ2v) is 5.22. The average Bonchev–Trinajstić information content (AvgIpc) is 2.90. The number of carbonyl (C=O) groups excluding carboxylic acids is 1. The van der Waals surface area contributed by atoms with Gasteiger partial charge >= 0.3 is 0 Å². The normalized spacial score (nSPS) is 18.9. The van der Waals surface area contributed by atoms with Gasteiger partial charge in [-0.25, -0.2) is 0 Å². The number of nitrogens with one attached hydrogen (secondary N) is 1. The summed E-state index contributed by atoms with van der Waals surface area (Å²) < 4.78 is 5.28. The Hall–Kier alpha value is -0.980. The van der Waals surface area contributed by atoms with Crippen LogP contribution in [0, 0.1) is 5.41 Å². The van der Waals surface area contributed by atoms with Crippen LogP contribution >= 0.6 is 11.3 Å². The maximum Gasteiger partial charge on any atom is 0.227 e. The summed E-state index contributed by atoms with van der Waals surface area (Å²) in [6.45, 7) is 2.15. The molecule has 1 aromatic heterocycles. The Labute approximate surface area is 104 Å². The summed E-state index contributed by atoms with van der Waals surface area (Å²) in [5.74, 6) is 0.0386. The predicted molar refractivity (Wildman–Crippen MR) is 65.5 cm³/mol. The molecule has 0 unspecified atom stereocenters. The molecule has 1 fully saturated rings. The van der Waals surface area contributed by atoms with Crippen molar-refractivity contribution in [2.45, 2.75) is 19.4 Å². The number of amides is 1. The number of aromatic nitrogens is 1. The first-order valence-electron chi connectivity index (χ1n) is 5.70. The first kappa shape index (κ1) is 12.5. The number of ether oxygens (including phenoxy) is 1. The van der Waals surface area contributed by atoms with E-state index < -0.39 is 5.41 Å². The average molecular weight is 255 g/mol. The Morgan fingerprint density at radius 2 is 2.35 bits per heavy atom. The van der Waals surface area contributed by atoms with Crippen molar-refractivity contribution in [3.8, 4) is 0 Å². The van der Waals surface area contributed by atoms with Gasteiger partial charge in [0, 0.05) is 30.8 Å². The Balaban J connectivity index is 1.93. The van der Waals surface area contributed by atoms with Gasteiger partial charge in [0.2, 0.25) is 5.91 Å². The van der Waals surface area contributed by atoms with E-state index in [4.69, 9.17) is 10.5 Å². The van der Waals surface area contributed by atoms with Gasteiger partial charge in [0.1, 0.15) is 0 Å². The molecule has 0 radical (unpaired) electrons. The maximum absolute atomic E-state index is 12.2. The van der Waals surface area contributed by atoms with Crippen LogP contribution in [0.4, 0.5) is 0 Å². The summed E-state index contributed by atoms with van der Waals surface area (Å²) in [5.41, 5.74) is 7.08. The van der Waals surface area contributed by atoms with Gasteiger partial charge in [-0.3, -0.25) is 9.78 Å². The lowest BCUT2D eigenvalue weighted by Crippen LogP contribution is -2.48. The molecule has 1 aliphatic heterocycles. The zero-order valence-electron chi connectivity index (χ0n) is 9.65. The van der Waals surface area contributed by atoms with Crippen molar-refractivity contribution in [2.75, 3.05) is 19.8 Å². The second kappa shape index (κ2) is 5.57. The quantitative estimate of drug-likeness (QED) is 0.822. The zero-order valence-corrected chi connectivity index (χ0v) is 10.5. The van der Waals surface area contributed by atoms with Crippen molar-refractivity contribution in [1.82, 2.24) is 10.3 Å². The molecule has 2 rings (SSSR count). The molecule has 6 heteroatoms. The third-order valence-electron chi connectivity index (χ3n) is 3.23. The summed E-state index contributed by atoms with van der Waals surface area (Å²) in [4.78, 5) is 17.2. The van der Waals surface area contributed by atoms with Crippen LogP contribution < -0.4 is 11.1 Å². The summed E-state index contributed by atoms with van der Waals surface area (Å²) in [5, 5.41) is 2.94. The number of nitrogens with two attached hydrogens (primary N) is 1. The van der Waals surface area contributed by atoms with Crippen LogP contribution in [0.5, 0.6) is 0 Å². The number of hydrogen-bond donors (Lipinski definition) is 2. The molecule has 2 heterocycles. The minimum absolute atomic E-state index is 0.0386. The van der Waals surface area contributed by atoms with Gasteiger partial charge < -0.3 is 15.8 Å². The van der Waals surface area contributed by atoms with Crippen LogP contribution in [0.2, 0.25) is 0 Å². The zero-order chi connectivity index (χ0) is 12.1. The standard InChI is InChI=1S/C11H17N3O2S/c12-7-11(1-3-16-4-2-11)10(15)14-6-9-5-13-8-17-9/h5,8H,1-4,6-7,12H2,(H,14,15). The van der Waals surface area contributed by atoms with E-state index in [1.165, 1.54) is 11.3 Å². The molecule has 1 aromatic rings. The number of hydrogen-bond acceptors (Lipinski definition) is 5. The SMILES string of the molecule is NCC1(C(=O)NCc2cncs2)CCOCC1. The van der Waals surface area contributed by atoms with Crippen molar-refractivity contribution in [3.63, 3.8) is 0 Å². The number of carbonyl (C=O) groups is 1. The Bertz CT molecular complexity index is 361. The van der Waals surface area contributed by atoms with Gasteiger partial charge in [0.15, 0.2) is 0 Å². The molecule has 17 heavy (non-hydrogen) atoms. The second-order valence-electron chi connectivity index (χ2n) is 4.25. The lowest BCUT2D eigenvalue weighted by molar-refractivity contribution is -0.136. The van der Waals surface area contributed by atoms with Crippen molar-refractivity contribution < 1.29 is 9.53 Å². The van der Waals surface area contributed by atoms with E-state index >= 15 is 0 Å². The number of thiazole rings is 1. The fourth-order valence-corrected chi connectivity index (χ4v) is 2.50. The van der Waals surface area contributed by atoms with E-state index in [0.29, 0.717) is 39.1 Å². The third-order valence-corrected chi connectivity index (χ3v) is 4.01. The fraction of sp³-hybridized carbons (Fsp3) is 0.636. The topological polar surface area (TPSA) is 77.2 Å². The Morgan fingerprint density at radius 1 is 1.59 bits per heavy atom. The van der Waals surface area contributed by atoms with Crippen LogP contribution in [0.25, 0.3) is 0 Å². The van der Waals surface area contributed by atoms with Gasteiger partial charge in [-0.2, -0.15) is 0 Å². The predicted octanol–water partition coefficient (Wildman–Crippen LogP) is 0.515. The molecule has 1 saturated heterocycles. The lowest BCUT2D eigenvalue weighted by Gasteiger charge is -2.34. The number of rotatable bonds is 4. The smallest absolute Gasteiger partial charge is 0.227 e. The van der Waals surface area contributed by atoms with E-state index in [9.17, 15) is 4.79 Å². The van der Waals surface area contributed by atoms with Crippen LogP contribution in [0.1, 0.15) is 17.7 Å². The van der Waals surface area contributed by atoms with Crippen LogP contribution in [0.3, 0.4) is 0 Å². The molecule has 94 valence electrons. The largest absolute Gasteiger partial charge is 0.381 e. The highest BCUT2D eigenvalue weighted by atomic mass is 32.1. The first-order chi connectivity index (χ1) is 8.27. The summed E-state index contributed by atoms with van der Waals surface area (Å²) in [7, 11) is 0. The summed E-state index contributed by atoms with van der Waals surface area (Å²) in [6, 6.07) is 0. The van der Waals surface area contributed by atoms with E-state index in [-0.39, 0.29) is 5.91 Å². The Morgan fingerprint density at radius 3 is 2.94 bits per heavy atom. The molecule has 0 aromatic carbocycles. The number of nitrogens with zero attached hydrogens (tertiary/aromatic N) is 1. The molecule has 1 aliphatic rings. The molecule has 3 N–H and O–H groups in total. The highest BCUT2D eigenvalue weighted by Gasteiger charge is 2.38. The third kappa shape index (κ3) is 2.83. The molecule has 0 aliphatic carbocycles. The van der Waals surface area contributed by atoms with Crippen molar-refractivity contribution in [3.05, 3.63) is 16.6 Å². The van der Waals surface area contributed by atoms with Gasteiger partial charge in [0.25, 0.3) is 0 Å². The minimum atomic E-state index is -0.442. The fourth-order valence-electron chi connectivity index (χ4n) is 1.97. The first-order valence-corrected chi connectivity index (χ1v) is 6.58. The monoisotopic (exact) mass is 255 g/mol. The van der Waals surface area contributed by atoms with E-state index in [1.807, 2.05) is 0 Å². The van der Waals surface area contributed by atoms with Crippen molar-refractivity contribution in [2.24, 2.45) is 11.1 Å². The highest BCUT2D eigenvalue weighted by molar-refractivity contribution is 7.09. The Kier molecular flexibility index (Phi) is 4.09. The van der Waals surface area contributed by atoms with Crippen molar-refractivity contribution in [1.29, 1.82) is 0 Å². The lowest BCUT2D eigenvalue weighted by atomic mass is 9.79. The van der Waals surface area contributed by atoms with E-state index in [0.717, 1.165) is 4.88 Å². The summed E-state index contributed by atoms with van der Waals surface area (Å²) >= 11 is 1.54. The molecule has 0 bridgehead atoms. The van der Waals surface area contributed by atoms with Crippen molar-refractivity contribution >= 4 is 17.2 Å². The van der Waals surface area contributed by atoms with Gasteiger partial charge in [0.05, 0.1) is 17.5 Å². The molecule has 5 nitrogen and oxygen atoms in total. The van der Waals surface area contributed by atoms with E-state index in [2.05, 4.69) is 10.3 Å². The van der Waals surface area contributed by atoms with Gasteiger partial charge in [-0.15, -0.1) is 11.3 Å². The molecule has 0 atom stereocenters. The van der Waals surface area contributed by atoms with Crippen LogP contribution in [-0.2, 0) is 16.1 Å². The highest BCUT2D eigenvalue weighted by Crippen LogP contribution is 2.29. The molecule has 0 saturated carbocycles. The molecular formula is C11H17N3O2S.